The van der Waals surface area contributed by atoms with E-state index in [-0.39, 0.29) is 11.5 Å². The van der Waals surface area contributed by atoms with Crippen LogP contribution in [0.3, 0.4) is 0 Å². The lowest BCUT2D eigenvalue weighted by Gasteiger charge is -2.11. The topological polar surface area (TPSA) is 69.4 Å². The van der Waals surface area contributed by atoms with E-state index in [1.807, 2.05) is 0 Å². The molecule has 0 amide bonds. The van der Waals surface area contributed by atoms with E-state index in [0.717, 1.165) is 0 Å². The molecule has 5 nitrogen and oxygen atoms in total. The highest BCUT2D eigenvalue weighted by molar-refractivity contribution is 5.80. The summed E-state index contributed by atoms with van der Waals surface area (Å²) in [5.74, 6) is 0.377. The van der Waals surface area contributed by atoms with Crippen molar-refractivity contribution >= 4 is 11.5 Å². The first-order valence-corrected chi connectivity index (χ1v) is 4.84. The van der Waals surface area contributed by atoms with Gasteiger partial charge in [0, 0.05) is 11.6 Å². The van der Waals surface area contributed by atoms with Crippen molar-refractivity contribution in [1.82, 2.24) is 0 Å². The van der Waals surface area contributed by atoms with E-state index in [0.29, 0.717) is 11.3 Å². The molecule has 0 aliphatic carbocycles. The van der Waals surface area contributed by atoms with E-state index in [9.17, 15) is 14.9 Å². The molecule has 0 aliphatic rings. The van der Waals surface area contributed by atoms with Crippen molar-refractivity contribution in [2.24, 2.45) is 0 Å². The molecule has 86 valence electrons. The largest absolute Gasteiger partial charge is 0.483 e. The van der Waals surface area contributed by atoms with Gasteiger partial charge < -0.3 is 4.74 Å². The van der Waals surface area contributed by atoms with Crippen molar-refractivity contribution in [3.05, 3.63) is 33.9 Å². The monoisotopic (exact) mass is 223 g/mol. The van der Waals surface area contributed by atoms with Gasteiger partial charge in [0.15, 0.2) is 11.9 Å². The van der Waals surface area contributed by atoms with Crippen molar-refractivity contribution in [3.8, 4) is 5.75 Å². The minimum absolute atomic E-state index is 0.0443. The molecule has 1 unspecified atom stereocenters. The normalized spacial score (nSPS) is 11.9. The van der Waals surface area contributed by atoms with E-state index in [1.165, 1.54) is 19.1 Å². The fourth-order valence-corrected chi connectivity index (χ4v) is 1.19. The zero-order valence-electron chi connectivity index (χ0n) is 9.39. The van der Waals surface area contributed by atoms with Gasteiger partial charge in [0.2, 0.25) is 0 Å². The first-order valence-electron chi connectivity index (χ1n) is 4.84. The lowest BCUT2D eigenvalue weighted by Crippen LogP contribution is -2.20. The van der Waals surface area contributed by atoms with Gasteiger partial charge in [0.25, 0.3) is 5.69 Å². The molecule has 0 heterocycles. The van der Waals surface area contributed by atoms with Gasteiger partial charge in [-0.15, -0.1) is 0 Å². The van der Waals surface area contributed by atoms with Crippen LogP contribution in [0.2, 0.25) is 0 Å². The summed E-state index contributed by atoms with van der Waals surface area (Å²) in [5.41, 5.74) is 0.557. The SMILES string of the molecule is CC(=O)C(C)Oc1ccc([N+](=O)[O-])c(C)c1. The second kappa shape index (κ2) is 4.74. The number of benzene rings is 1. The molecule has 1 aromatic rings. The Balaban J connectivity index is 2.89. The number of hydrogen-bond acceptors (Lipinski definition) is 4. The molecule has 0 saturated carbocycles. The van der Waals surface area contributed by atoms with E-state index in [1.54, 1.807) is 19.9 Å². The Labute approximate surface area is 93.2 Å². The molecule has 0 saturated heterocycles. The fraction of sp³-hybridized carbons (Fsp3) is 0.364. The van der Waals surface area contributed by atoms with Crippen LogP contribution in [0.25, 0.3) is 0 Å². The molecule has 0 radical (unpaired) electrons. The van der Waals surface area contributed by atoms with E-state index < -0.39 is 11.0 Å². The Morgan fingerprint density at radius 2 is 2.12 bits per heavy atom. The van der Waals surface area contributed by atoms with Gasteiger partial charge in [-0.3, -0.25) is 14.9 Å². The van der Waals surface area contributed by atoms with Crippen molar-refractivity contribution in [2.75, 3.05) is 0 Å². The molecule has 0 bridgehead atoms. The van der Waals surface area contributed by atoms with Crippen LogP contribution in [0.4, 0.5) is 5.69 Å². The summed E-state index contributed by atoms with van der Waals surface area (Å²) in [6.45, 7) is 4.70. The average Bonchev–Trinajstić information content (AvgIpc) is 2.16. The number of nitro groups is 1. The number of rotatable bonds is 4. The van der Waals surface area contributed by atoms with Gasteiger partial charge in [0.05, 0.1) is 4.92 Å². The highest BCUT2D eigenvalue weighted by Crippen LogP contribution is 2.23. The lowest BCUT2D eigenvalue weighted by atomic mass is 10.2. The number of carbonyl (C=O) groups excluding carboxylic acids is 1. The van der Waals surface area contributed by atoms with E-state index in [4.69, 9.17) is 4.74 Å². The van der Waals surface area contributed by atoms with Gasteiger partial charge in [-0.2, -0.15) is 0 Å². The summed E-state index contributed by atoms with van der Waals surface area (Å²) in [4.78, 5) is 21.1. The number of ketones is 1. The number of hydrogen-bond donors (Lipinski definition) is 0. The molecular weight excluding hydrogens is 210 g/mol. The molecule has 5 heteroatoms. The molecule has 1 atom stereocenters. The van der Waals surface area contributed by atoms with Crippen LogP contribution in [0, 0.1) is 17.0 Å². The predicted octanol–water partition coefficient (Wildman–Crippen LogP) is 2.26. The molecule has 0 N–H and O–H groups in total. The molecule has 1 rings (SSSR count). The first kappa shape index (κ1) is 12.2. The van der Waals surface area contributed by atoms with Crippen molar-refractivity contribution in [1.29, 1.82) is 0 Å². The van der Waals surface area contributed by atoms with Gasteiger partial charge >= 0.3 is 0 Å². The smallest absolute Gasteiger partial charge is 0.272 e. The number of ether oxygens (including phenoxy) is 1. The van der Waals surface area contributed by atoms with Gasteiger partial charge in [-0.1, -0.05) is 0 Å². The minimum atomic E-state index is -0.541. The third-order valence-electron chi connectivity index (χ3n) is 2.25. The molecule has 0 aromatic heterocycles. The quantitative estimate of drug-likeness (QED) is 0.579. The first-order chi connectivity index (χ1) is 7.41. The summed E-state index contributed by atoms with van der Waals surface area (Å²) >= 11 is 0. The maximum Gasteiger partial charge on any atom is 0.272 e. The Bertz CT molecular complexity index is 428. The Morgan fingerprint density at radius 1 is 1.50 bits per heavy atom. The van der Waals surface area contributed by atoms with Crippen LogP contribution in [0.5, 0.6) is 5.75 Å². The van der Waals surface area contributed by atoms with Gasteiger partial charge in [0.1, 0.15) is 5.75 Å². The number of nitrogens with zero attached hydrogens (tertiary/aromatic N) is 1. The maximum atomic E-state index is 11.0. The van der Waals surface area contributed by atoms with E-state index in [2.05, 4.69) is 0 Å². The molecular formula is C11H13NO4. The van der Waals surface area contributed by atoms with Crippen LogP contribution in [-0.4, -0.2) is 16.8 Å². The Morgan fingerprint density at radius 3 is 2.56 bits per heavy atom. The third-order valence-corrected chi connectivity index (χ3v) is 2.25. The third kappa shape index (κ3) is 2.79. The van der Waals surface area contributed by atoms with Crippen LogP contribution in [0.15, 0.2) is 18.2 Å². The van der Waals surface area contributed by atoms with Crippen LogP contribution in [-0.2, 0) is 4.79 Å². The summed E-state index contributed by atoms with van der Waals surface area (Å²) in [6.07, 6.45) is -0.541. The predicted molar refractivity (Wildman–Crippen MR) is 58.6 cm³/mol. The summed E-state index contributed by atoms with van der Waals surface area (Å²) in [6, 6.07) is 4.42. The maximum absolute atomic E-state index is 11.0. The highest BCUT2D eigenvalue weighted by atomic mass is 16.6. The van der Waals surface area contributed by atoms with Crippen molar-refractivity contribution < 1.29 is 14.5 Å². The summed E-state index contributed by atoms with van der Waals surface area (Å²) in [7, 11) is 0. The van der Waals surface area contributed by atoms with Gasteiger partial charge in [-0.25, -0.2) is 0 Å². The zero-order valence-corrected chi connectivity index (χ0v) is 9.39. The molecule has 0 spiro atoms. The lowest BCUT2D eigenvalue weighted by molar-refractivity contribution is -0.385. The minimum Gasteiger partial charge on any atom is -0.483 e. The second-order valence-corrected chi connectivity index (χ2v) is 3.58. The Kier molecular flexibility index (Phi) is 3.60. The second-order valence-electron chi connectivity index (χ2n) is 3.58. The number of carbonyl (C=O) groups is 1. The Hall–Kier alpha value is -1.91. The van der Waals surface area contributed by atoms with Crippen LogP contribution in [0.1, 0.15) is 19.4 Å². The van der Waals surface area contributed by atoms with E-state index >= 15 is 0 Å². The number of Topliss-reactive ketones (excluding diaryl/α,β-unsaturated/α-hetero) is 1. The molecule has 0 fully saturated rings. The zero-order chi connectivity index (χ0) is 12.3. The average molecular weight is 223 g/mol. The van der Waals surface area contributed by atoms with Gasteiger partial charge in [-0.05, 0) is 32.9 Å². The van der Waals surface area contributed by atoms with Crippen LogP contribution >= 0.6 is 0 Å². The number of nitro benzene ring substituents is 1. The standard InChI is InChI=1S/C11H13NO4/c1-7-6-10(16-9(3)8(2)13)4-5-11(7)12(14)15/h4-6,9H,1-3H3. The molecule has 0 aliphatic heterocycles. The highest BCUT2D eigenvalue weighted by Gasteiger charge is 2.13. The molecule has 1 aromatic carbocycles. The number of aryl methyl sites for hydroxylation is 1. The van der Waals surface area contributed by atoms with Crippen LogP contribution < -0.4 is 4.74 Å². The van der Waals surface area contributed by atoms with Crippen molar-refractivity contribution in [2.45, 2.75) is 26.9 Å². The van der Waals surface area contributed by atoms with Crippen molar-refractivity contribution in [3.63, 3.8) is 0 Å². The summed E-state index contributed by atoms with van der Waals surface area (Å²) in [5, 5.41) is 10.6. The fourth-order valence-electron chi connectivity index (χ4n) is 1.19. The molecule has 16 heavy (non-hydrogen) atoms. The summed E-state index contributed by atoms with van der Waals surface area (Å²) < 4.78 is 5.32.